The minimum Gasteiger partial charge on any atom is -0.482 e. The van der Waals surface area contributed by atoms with Crippen molar-refractivity contribution in [1.29, 1.82) is 0 Å². The summed E-state index contributed by atoms with van der Waals surface area (Å²) in [6, 6.07) is 9.99. The molecule has 0 atom stereocenters. The highest BCUT2D eigenvalue weighted by atomic mass is 79.9. The molecule has 2 aromatic rings. The number of anilines is 1. The lowest BCUT2D eigenvalue weighted by Crippen LogP contribution is -2.24. The standard InChI is InChI=1S/C19H17BrFNO4/c20-14-5-7-17(16(21)9-14)22-18(23)10-26-19(24)11-25-15-6-4-12-2-1-3-13(12)8-15/h4-9H,1-3,10-11H2,(H,22,23). The van der Waals surface area contributed by atoms with Gasteiger partial charge in [-0.1, -0.05) is 22.0 Å². The van der Waals surface area contributed by atoms with Crippen LogP contribution in [0.15, 0.2) is 40.9 Å². The second-order valence-electron chi connectivity index (χ2n) is 5.91. The van der Waals surface area contributed by atoms with E-state index in [4.69, 9.17) is 9.47 Å². The molecule has 0 fully saturated rings. The van der Waals surface area contributed by atoms with Gasteiger partial charge in [-0.3, -0.25) is 4.79 Å². The number of benzene rings is 2. The molecule has 0 saturated heterocycles. The zero-order valence-corrected chi connectivity index (χ0v) is 15.5. The monoisotopic (exact) mass is 421 g/mol. The number of amides is 1. The van der Waals surface area contributed by atoms with Crippen LogP contribution in [0.25, 0.3) is 0 Å². The first-order valence-corrected chi connectivity index (χ1v) is 8.96. The van der Waals surface area contributed by atoms with Crippen molar-refractivity contribution < 1.29 is 23.5 Å². The van der Waals surface area contributed by atoms with Crippen LogP contribution in [0.5, 0.6) is 5.75 Å². The minimum absolute atomic E-state index is 0.0173. The van der Waals surface area contributed by atoms with Gasteiger partial charge < -0.3 is 14.8 Å². The summed E-state index contributed by atoms with van der Waals surface area (Å²) in [6.07, 6.45) is 3.23. The Kier molecular flexibility index (Phi) is 5.88. The SMILES string of the molecule is O=C(COC(=O)COc1ccc2c(c1)CCC2)Nc1ccc(Br)cc1F. The predicted molar refractivity (Wildman–Crippen MR) is 97.7 cm³/mol. The van der Waals surface area contributed by atoms with Gasteiger partial charge in [-0.2, -0.15) is 0 Å². The largest absolute Gasteiger partial charge is 0.482 e. The van der Waals surface area contributed by atoms with Crippen molar-refractivity contribution in [2.75, 3.05) is 18.5 Å². The molecule has 0 bridgehead atoms. The molecule has 0 heterocycles. The smallest absolute Gasteiger partial charge is 0.344 e. The average molecular weight is 422 g/mol. The second kappa shape index (κ2) is 8.31. The summed E-state index contributed by atoms with van der Waals surface area (Å²) in [6.45, 7) is -0.805. The quantitative estimate of drug-likeness (QED) is 0.723. The summed E-state index contributed by atoms with van der Waals surface area (Å²) in [5.74, 6) is -1.28. The molecule has 1 aliphatic rings. The number of hydrogen-bond donors (Lipinski definition) is 1. The predicted octanol–water partition coefficient (Wildman–Crippen LogP) is 3.64. The van der Waals surface area contributed by atoms with Crippen LogP contribution in [-0.2, 0) is 27.2 Å². The lowest BCUT2D eigenvalue weighted by atomic mass is 10.1. The molecule has 1 amide bonds. The Morgan fingerprint density at radius 1 is 1.08 bits per heavy atom. The van der Waals surface area contributed by atoms with Crippen molar-refractivity contribution in [2.24, 2.45) is 0 Å². The van der Waals surface area contributed by atoms with Crippen LogP contribution < -0.4 is 10.1 Å². The molecule has 26 heavy (non-hydrogen) atoms. The number of carbonyl (C=O) groups is 2. The van der Waals surface area contributed by atoms with E-state index in [1.807, 2.05) is 18.2 Å². The van der Waals surface area contributed by atoms with Crippen LogP contribution in [0.3, 0.4) is 0 Å². The third-order valence-electron chi connectivity index (χ3n) is 4.00. The van der Waals surface area contributed by atoms with E-state index in [2.05, 4.69) is 21.2 Å². The molecule has 136 valence electrons. The summed E-state index contributed by atoms with van der Waals surface area (Å²) in [5, 5.41) is 2.34. The zero-order valence-electron chi connectivity index (χ0n) is 13.9. The molecule has 1 aliphatic carbocycles. The Balaban J connectivity index is 1.43. The molecule has 0 aromatic heterocycles. The molecule has 1 N–H and O–H groups in total. The van der Waals surface area contributed by atoms with Crippen LogP contribution in [0, 0.1) is 5.82 Å². The highest BCUT2D eigenvalue weighted by molar-refractivity contribution is 9.10. The van der Waals surface area contributed by atoms with E-state index in [1.165, 1.54) is 23.3 Å². The third kappa shape index (κ3) is 4.82. The van der Waals surface area contributed by atoms with E-state index in [9.17, 15) is 14.0 Å². The van der Waals surface area contributed by atoms with E-state index in [0.717, 1.165) is 19.3 Å². The van der Waals surface area contributed by atoms with E-state index < -0.39 is 24.3 Å². The second-order valence-corrected chi connectivity index (χ2v) is 6.82. The molecule has 0 unspecified atom stereocenters. The van der Waals surface area contributed by atoms with E-state index in [0.29, 0.717) is 10.2 Å². The maximum absolute atomic E-state index is 13.6. The lowest BCUT2D eigenvalue weighted by Gasteiger charge is -2.09. The molecule has 2 aromatic carbocycles. The summed E-state index contributed by atoms with van der Waals surface area (Å²) >= 11 is 3.13. The molecule has 7 heteroatoms. The van der Waals surface area contributed by atoms with Crippen LogP contribution >= 0.6 is 15.9 Å². The van der Waals surface area contributed by atoms with E-state index >= 15 is 0 Å². The van der Waals surface area contributed by atoms with Gasteiger partial charge in [-0.05, 0) is 60.7 Å². The van der Waals surface area contributed by atoms with Crippen LogP contribution in [-0.4, -0.2) is 25.1 Å². The fourth-order valence-electron chi connectivity index (χ4n) is 2.75. The van der Waals surface area contributed by atoms with Gasteiger partial charge in [0.1, 0.15) is 11.6 Å². The molecule has 0 radical (unpaired) electrons. The zero-order chi connectivity index (χ0) is 18.5. The molecular weight excluding hydrogens is 405 g/mol. The van der Waals surface area contributed by atoms with E-state index in [-0.39, 0.29) is 12.3 Å². The van der Waals surface area contributed by atoms with Gasteiger partial charge in [-0.25, -0.2) is 9.18 Å². The lowest BCUT2D eigenvalue weighted by molar-refractivity contribution is -0.149. The number of carbonyl (C=O) groups excluding carboxylic acids is 2. The van der Waals surface area contributed by atoms with Gasteiger partial charge in [0.05, 0.1) is 5.69 Å². The Hall–Kier alpha value is -2.41. The summed E-state index contributed by atoms with van der Waals surface area (Å²) in [5.41, 5.74) is 2.58. The van der Waals surface area contributed by atoms with Crippen molar-refractivity contribution in [2.45, 2.75) is 19.3 Å². The Labute approximate surface area is 158 Å². The number of fused-ring (bicyclic) bond motifs is 1. The fourth-order valence-corrected chi connectivity index (χ4v) is 3.08. The summed E-state index contributed by atoms with van der Waals surface area (Å²) < 4.78 is 24.4. The highest BCUT2D eigenvalue weighted by Gasteiger charge is 2.13. The van der Waals surface area contributed by atoms with Crippen molar-refractivity contribution in [1.82, 2.24) is 0 Å². The van der Waals surface area contributed by atoms with Crippen molar-refractivity contribution in [3.05, 3.63) is 57.8 Å². The van der Waals surface area contributed by atoms with Gasteiger partial charge in [0.2, 0.25) is 0 Å². The van der Waals surface area contributed by atoms with E-state index in [1.54, 1.807) is 6.07 Å². The first-order valence-electron chi connectivity index (χ1n) is 8.16. The van der Waals surface area contributed by atoms with Crippen LogP contribution in [0.1, 0.15) is 17.5 Å². The summed E-state index contributed by atoms with van der Waals surface area (Å²) in [4.78, 5) is 23.5. The number of nitrogens with one attached hydrogen (secondary N) is 1. The van der Waals surface area contributed by atoms with Crippen molar-refractivity contribution >= 4 is 33.5 Å². The first-order chi connectivity index (χ1) is 12.5. The van der Waals surface area contributed by atoms with Crippen molar-refractivity contribution in [3.63, 3.8) is 0 Å². The normalized spacial score (nSPS) is 12.4. The van der Waals surface area contributed by atoms with Crippen LogP contribution in [0.2, 0.25) is 0 Å². The molecule has 5 nitrogen and oxygen atoms in total. The molecule has 0 saturated carbocycles. The van der Waals surface area contributed by atoms with Gasteiger partial charge in [0, 0.05) is 4.47 Å². The minimum atomic E-state index is -0.670. The molecule has 3 rings (SSSR count). The van der Waals surface area contributed by atoms with Gasteiger partial charge in [-0.15, -0.1) is 0 Å². The van der Waals surface area contributed by atoms with Gasteiger partial charge >= 0.3 is 5.97 Å². The number of hydrogen-bond acceptors (Lipinski definition) is 4. The fraction of sp³-hybridized carbons (Fsp3) is 0.263. The van der Waals surface area contributed by atoms with Crippen LogP contribution in [0.4, 0.5) is 10.1 Å². The number of halogens is 2. The van der Waals surface area contributed by atoms with Gasteiger partial charge in [0.25, 0.3) is 5.91 Å². The number of esters is 1. The molecule has 0 aliphatic heterocycles. The topological polar surface area (TPSA) is 64.6 Å². The number of rotatable bonds is 6. The Morgan fingerprint density at radius 2 is 1.88 bits per heavy atom. The summed E-state index contributed by atoms with van der Waals surface area (Å²) in [7, 11) is 0. The third-order valence-corrected chi connectivity index (χ3v) is 4.49. The highest BCUT2D eigenvalue weighted by Crippen LogP contribution is 2.26. The average Bonchev–Trinajstić information content (AvgIpc) is 3.08. The molecular formula is C19H17BrFNO4. The first kappa shape index (κ1) is 18.4. The molecule has 0 spiro atoms. The van der Waals surface area contributed by atoms with Crippen molar-refractivity contribution in [3.8, 4) is 5.75 Å². The van der Waals surface area contributed by atoms with Gasteiger partial charge in [0.15, 0.2) is 13.2 Å². The Bertz CT molecular complexity index is 840. The number of aryl methyl sites for hydroxylation is 2. The maximum atomic E-state index is 13.6. The maximum Gasteiger partial charge on any atom is 0.344 e. The number of ether oxygens (including phenoxy) is 2. The Morgan fingerprint density at radius 3 is 2.69 bits per heavy atom.